The molecule has 0 unspecified atom stereocenters. The SMILES string of the molecule is CC.CC.CC.CC.CC.CCc1ccc2oc(=O)c(C(=O)Oc3ccccc3)cc2c1.O=C(CC(=O)Oc1ccccc1)Oc1ccccc1.O=C(O)CC(=O)O.O=C(Oc1ccccc1)c1cc2cc(CO)ccc2oc1=O.O=Cc1cc(CO)ccc1O.Oc1ccccc1. The van der Waals surface area contributed by atoms with Gasteiger partial charge in [0.2, 0.25) is 0 Å². The molecule has 520 valence electrons. The van der Waals surface area contributed by atoms with Crippen LogP contribution in [0.25, 0.3) is 21.9 Å². The molecule has 8 aromatic carbocycles. The molecule has 0 aliphatic rings. The average Bonchev–Trinajstić information content (AvgIpc) is 0.812. The van der Waals surface area contributed by atoms with E-state index >= 15 is 0 Å². The Labute approximate surface area is 569 Å². The highest BCUT2D eigenvalue weighted by atomic mass is 16.6. The summed E-state index contributed by atoms with van der Waals surface area (Å²) in [6.45, 7) is 21.8. The monoisotopic (exact) mass is 1350 g/mol. The maximum absolute atomic E-state index is 12.2. The van der Waals surface area contributed by atoms with Gasteiger partial charge in [-0.05, 0) is 132 Å². The quantitative estimate of drug-likeness (QED) is 0.0194. The molecule has 2 aromatic heterocycles. The van der Waals surface area contributed by atoms with Crippen LogP contribution in [-0.2, 0) is 38.8 Å². The predicted octanol–water partition coefficient (Wildman–Crippen LogP) is 15.4. The second kappa shape index (κ2) is 51.6. The molecule has 2 heterocycles. The van der Waals surface area contributed by atoms with Crippen molar-refractivity contribution in [3.63, 3.8) is 0 Å². The van der Waals surface area contributed by atoms with Gasteiger partial charge in [-0.2, -0.15) is 0 Å². The minimum absolute atomic E-state index is 0.0581. The van der Waals surface area contributed by atoms with Crippen molar-refractivity contribution in [2.45, 2.75) is 109 Å². The number of phenolic OH excluding ortho intramolecular Hbond substituents is 2. The van der Waals surface area contributed by atoms with E-state index < -0.39 is 59.9 Å². The van der Waals surface area contributed by atoms with Crippen molar-refractivity contribution in [3.05, 3.63) is 273 Å². The molecular weight excluding hydrogens is 1260 g/mol. The number of hydrogen-bond donors (Lipinski definition) is 6. The lowest BCUT2D eigenvalue weighted by molar-refractivity contribution is -0.148. The van der Waals surface area contributed by atoms with E-state index in [1.807, 2.05) is 100 Å². The lowest BCUT2D eigenvalue weighted by atomic mass is 10.1. The molecule has 6 N–H and O–H groups in total. The molecule has 0 spiro atoms. The topological polar surface area (TPSA) is 338 Å². The Morgan fingerprint density at radius 1 is 0.398 bits per heavy atom. The van der Waals surface area contributed by atoms with Crippen LogP contribution in [-0.4, -0.2) is 72.7 Å². The summed E-state index contributed by atoms with van der Waals surface area (Å²) in [4.78, 5) is 100. The molecule has 0 aliphatic heterocycles. The Hall–Kier alpha value is -11.8. The Morgan fingerprint density at radius 2 is 0.714 bits per heavy atom. The van der Waals surface area contributed by atoms with Crippen molar-refractivity contribution in [2.24, 2.45) is 0 Å². The first-order valence-electron chi connectivity index (χ1n) is 31.2. The van der Waals surface area contributed by atoms with Gasteiger partial charge in [-0.25, -0.2) is 19.2 Å². The Kier molecular flexibility index (Phi) is 45.4. The molecule has 0 bridgehead atoms. The zero-order valence-electron chi connectivity index (χ0n) is 56.7. The van der Waals surface area contributed by atoms with Crippen molar-refractivity contribution in [1.82, 2.24) is 0 Å². The number of benzene rings is 8. The van der Waals surface area contributed by atoms with Crippen molar-refractivity contribution in [3.8, 4) is 34.5 Å². The predicted molar refractivity (Wildman–Crippen MR) is 376 cm³/mol. The van der Waals surface area contributed by atoms with Gasteiger partial charge in [0.15, 0.2) is 6.29 Å². The number of esters is 4. The van der Waals surface area contributed by atoms with Gasteiger partial charge < -0.3 is 58.4 Å². The lowest BCUT2D eigenvalue weighted by Gasteiger charge is -2.05. The summed E-state index contributed by atoms with van der Waals surface area (Å²) in [5.74, 6) is -3.62. The van der Waals surface area contributed by atoms with Gasteiger partial charge in [-0.15, -0.1) is 0 Å². The van der Waals surface area contributed by atoms with Gasteiger partial charge in [0.25, 0.3) is 0 Å². The number of carbonyl (C=O) groups is 7. The molecule has 0 radical (unpaired) electrons. The minimum atomic E-state index is -1.31. The number of fused-ring (bicyclic) bond motifs is 2. The van der Waals surface area contributed by atoms with E-state index in [0.717, 1.165) is 12.0 Å². The smallest absolute Gasteiger partial charge is 0.351 e. The fourth-order valence-corrected chi connectivity index (χ4v) is 7.03. The number of aliphatic hydroxyl groups excluding tert-OH is 2. The second-order valence-electron chi connectivity index (χ2n) is 17.8. The van der Waals surface area contributed by atoms with Crippen LogP contribution in [0.15, 0.2) is 237 Å². The van der Waals surface area contributed by atoms with Gasteiger partial charge in [0.05, 0.1) is 18.8 Å². The fraction of sp³-hybridized carbons (Fsp3) is 0.208. The number of aromatic hydroxyl groups is 2. The number of phenols is 2. The number of rotatable bonds is 14. The van der Waals surface area contributed by atoms with Crippen LogP contribution in [0.2, 0.25) is 0 Å². The molecule has 0 fully saturated rings. The molecule has 10 aromatic rings. The average molecular weight is 1350 g/mol. The first-order chi connectivity index (χ1) is 47.4. The molecule has 0 saturated heterocycles. The number of aliphatic hydroxyl groups is 2. The van der Waals surface area contributed by atoms with Crippen molar-refractivity contribution in [2.75, 3.05) is 0 Å². The summed E-state index contributed by atoms with van der Waals surface area (Å²) < 4.78 is 30.6. The molecule has 21 nitrogen and oxygen atoms in total. The van der Waals surface area contributed by atoms with Gasteiger partial charge in [-0.1, -0.05) is 185 Å². The van der Waals surface area contributed by atoms with E-state index in [4.69, 9.17) is 58.4 Å². The van der Waals surface area contributed by atoms with Crippen molar-refractivity contribution < 1.29 is 92.0 Å². The normalized spacial score (nSPS) is 9.19. The van der Waals surface area contributed by atoms with Crippen LogP contribution in [0.3, 0.4) is 0 Å². The van der Waals surface area contributed by atoms with E-state index in [1.165, 1.54) is 24.3 Å². The molecule has 0 saturated carbocycles. The van der Waals surface area contributed by atoms with E-state index in [0.29, 0.717) is 68.1 Å². The van der Waals surface area contributed by atoms with Crippen LogP contribution < -0.4 is 30.2 Å². The number of hydrogen-bond acceptors (Lipinski definition) is 19. The number of carboxylic acid groups (broad SMARTS) is 2. The number of ether oxygens (including phenoxy) is 4. The number of carbonyl (C=O) groups excluding carboxylic acids is 5. The first-order valence-corrected chi connectivity index (χ1v) is 31.2. The summed E-state index contributed by atoms with van der Waals surface area (Å²) in [7, 11) is 0. The molecule has 0 atom stereocenters. The van der Waals surface area contributed by atoms with Crippen LogP contribution in [0.4, 0.5) is 0 Å². The number of aldehydes is 1. The zero-order valence-corrected chi connectivity index (χ0v) is 56.7. The third-order valence-electron chi connectivity index (χ3n) is 11.2. The number of aryl methyl sites for hydroxylation is 1. The molecular formula is C77H86O21. The molecule has 0 aliphatic carbocycles. The van der Waals surface area contributed by atoms with E-state index in [9.17, 15) is 43.2 Å². The maximum Gasteiger partial charge on any atom is 0.351 e. The first kappa shape index (κ1) is 86.2. The Balaban J connectivity index is 0.00000117. The van der Waals surface area contributed by atoms with E-state index in [-0.39, 0.29) is 35.7 Å². The highest BCUT2D eigenvalue weighted by molar-refractivity contribution is 5.95. The fourth-order valence-electron chi connectivity index (χ4n) is 7.03. The van der Waals surface area contributed by atoms with Crippen LogP contribution in [0, 0.1) is 0 Å². The second-order valence-corrected chi connectivity index (χ2v) is 17.8. The summed E-state index contributed by atoms with van der Waals surface area (Å²) >= 11 is 0. The third kappa shape index (κ3) is 33.9. The highest BCUT2D eigenvalue weighted by Gasteiger charge is 2.18. The summed E-state index contributed by atoms with van der Waals surface area (Å²) in [5, 5.41) is 52.1. The number of carboxylic acids is 2. The minimum Gasteiger partial charge on any atom is -0.508 e. The molecule has 10 rings (SSSR count). The van der Waals surface area contributed by atoms with E-state index in [1.54, 1.807) is 170 Å². The van der Waals surface area contributed by atoms with E-state index in [2.05, 4.69) is 0 Å². The van der Waals surface area contributed by atoms with Gasteiger partial charge in [0.1, 0.15) is 69.6 Å². The lowest BCUT2D eigenvalue weighted by Crippen LogP contribution is -2.18. The Morgan fingerprint density at radius 3 is 1.02 bits per heavy atom. The summed E-state index contributed by atoms with van der Waals surface area (Å²) in [6.07, 6.45) is 0.178. The standard InChI is InChI=1S/C18H14O4.C17H12O5.C15H12O4.C8H8O3.C6H6O.C3H4O4.5C2H6/c1-2-12-8-9-16-13(10-12)11-15(18(20)22-16)17(19)21-14-6-4-3-5-7-14;18-10-11-6-7-15-12(8-11)9-14(17(20)22-15)16(19)21-13-4-2-1-3-5-13;16-14(18-12-7-3-1-4-8-12)11-15(17)19-13-9-5-2-6-10-13;9-4-6-1-2-8(11)7(3-6)5-10;7-6-4-2-1-3-5-6;4-2(5)1-3(6)7;5*1-2/h3-11H,2H2,1H3;1-9,18H,10H2;1-10H,11H2;1-3,5,9,11H,4H2;1-5,7H;1H2,(H,4,5)(H,6,7);5*1-2H3. The van der Waals surface area contributed by atoms with Gasteiger partial charge in [-0.3, -0.25) is 24.0 Å². The van der Waals surface area contributed by atoms with Crippen molar-refractivity contribution >= 4 is 64.0 Å². The van der Waals surface area contributed by atoms with Crippen LogP contribution >= 0.6 is 0 Å². The zero-order chi connectivity index (χ0) is 73.8. The molecule has 98 heavy (non-hydrogen) atoms. The van der Waals surface area contributed by atoms with Gasteiger partial charge in [0, 0.05) is 10.8 Å². The largest absolute Gasteiger partial charge is 0.508 e. The summed E-state index contributed by atoms with van der Waals surface area (Å²) in [6, 6.07) is 60.6. The maximum atomic E-state index is 12.2. The molecule has 21 heteroatoms. The third-order valence-corrected chi connectivity index (χ3v) is 11.2. The summed E-state index contributed by atoms with van der Waals surface area (Å²) in [5.41, 5.74) is 1.63. The van der Waals surface area contributed by atoms with Crippen LogP contribution in [0.1, 0.15) is 137 Å². The number of aliphatic carboxylic acids is 2. The van der Waals surface area contributed by atoms with Crippen molar-refractivity contribution in [1.29, 1.82) is 0 Å². The Bertz CT molecular complexity index is 3830. The highest BCUT2D eigenvalue weighted by Crippen LogP contribution is 2.21. The van der Waals surface area contributed by atoms with Gasteiger partial charge >= 0.3 is 47.1 Å². The molecule has 0 amide bonds. The van der Waals surface area contributed by atoms with Crippen LogP contribution in [0.5, 0.6) is 34.5 Å². The number of para-hydroxylation sites is 5.